The third kappa shape index (κ3) is 3.03. The van der Waals surface area contributed by atoms with Crippen LogP contribution in [0, 0.1) is 6.92 Å². The summed E-state index contributed by atoms with van der Waals surface area (Å²) < 4.78 is 13.2. The third-order valence-electron chi connectivity index (χ3n) is 2.64. The molecule has 1 heterocycles. The zero-order chi connectivity index (χ0) is 12.8. The first-order valence-corrected chi connectivity index (χ1v) is 6.14. The van der Waals surface area contributed by atoms with E-state index in [0.717, 1.165) is 23.7 Å². The van der Waals surface area contributed by atoms with Crippen molar-refractivity contribution < 1.29 is 9.47 Å². The predicted molar refractivity (Wildman–Crippen MR) is 70.1 cm³/mol. The van der Waals surface area contributed by atoms with Gasteiger partial charge in [-0.05, 0) is 32.0 Å². The number of aryl methyl sites for hydroxylation is 1. The van der Waals surface area contributed by atoms with E-state index in [1.165, 1.54) is 0 Å². The first kappa shape index (κ1) is 12.5. The molecular formula is C14H18N2O2. The first-order valence-electron chi connectivity index (χ1n) is 6.14. The van der Waals surface area contributed by atoms with Crippen LogP contribution in [0.3, 0.4) is 0 Å². The van der Waals surface area contributed by atoms with Crippen molar-refractivity contribution in [3.8, 4) is 11.5 Å². The number of nitrogens with zero attached hydrogens (tertiary/aromatic N) is 2. The van der Waals surface area contributed by atoms with Crippen molar-refractivity contribution in [2.45, 2.75) is 20.4 Å². The maximum atomic E-state index is 5.73. The van der Waals surface area contributed by atoms with Crippen LogP contribution in [0.15, 0.2) is 36.5 Å². The minimum Gasteiger partial charge on any atom is -0.490 e. The van der Waals surface area contributed by atoms with Gasteiger partial charge in [0.05, 0.1) is 13.2 Å². The number of hydrogen-bond donors (Lipinski definition) is 0. The molecule has 4 nitrogen and oxygen atoms in total. The number of rotatable bonds is 6. The summed E-state index contributed by atoms with van der Waals surface area (Å²) in [6.07, 6.45) is 1.80. The van der Waals surface area contributed by atoms with Gasteiger partial charge >= 0.3 is 0 Å². The fraction of sp³-hybridized carbons (Fsp3) is 0.357. The number of para-hydroxylation sites is 2. The summed E-state index contributed by atoms with van der Waals surface area (Å²) in [7, 11) is 0. The maximum Gasteiger partial charge on any atom is 0.161 e. The van der Waals surface area contributed by atoms with E-state index >= 15 is 0 Å². The Morgan fingerprint density at radius 1 is 1.11 bits per heavy atom. The Kier molecular flexibility index (Phi) is 4.23. The van der Waals surface area contributed by atoms with Gasteiger partial charge in [0.1, 0.15) is 6.61 Å². The summed E-state index contributed by atoms with van der Waals surface area (Å²) >= 11 is 0. The normalized spacial score (nSPS) is 10.3. The second kappa shape index (κ2) is 6.10. The van der Waals surface area contributed by atoms with Gasteiger partial charge in [-0.2, -0.15) is 5.10 Å². The summed E-state index contributed by atoms with van der Waals surface area (Å²) in [6, 6.07) is 9.69. The van der Waals surface area contributed by atoms with E-state index in [9.17, 15) is 0 Å². The topological polar surface area (TPSA) is 36.3 Å². The van der Waals surface area contributed by atoms with Gasteiger partial charge in [0.25, 0.3) is 0 Å². The molecule has 0 fully saturated rings. The van der Waals surface area contributed by atoms with Crippen LogP contribution < -0.4 is 9.47 Å². The average molecular weight is 246 g/mol. The Bertz CT molecular complexity index is 494. The molecule has 4 heteroatoms. The van der Waals surface area contributed by atoms with Crippen molar-refractivity contribution in [1.29, 1.82) is 0 Å². The summed E-state index contributed by atoms with van der Waals surface area (Å²) in [5, 5.41) is 4.21. The Morgan fingerprint density at radius 3 is 2.44 bits per heavy atom. The van der Waals surface area contributed by atoms with Crippen LogP contribution in [0.1, 0.15) is 12.6 Å². The van der Waals surface area contributed by atoms with E-state index in [-0.39, 0.29) is 0 Å². The van der Waals surface area contributed by atoms with E-state index in [1.807, 2.05) is 48.9 Å². The zero-order valence-electron chi connectivity index (χ0n) is 10.8. The lowest BCUT2D eigenvalue weighted by molar-refractivity contribution is 0.261. The van der Waals surface area contributed by atoms with E-state index in [4.69, 9.17) is 9.47 Å². The van der Waals surface area contributed by atoms with Crippen molar-refractivity contribution in [2.75, 3.05) is 13.2 Å². The molecule has 96 valence electrons. The quantitative estimate of drug-likeness (QED) is 0.786. The number of benzene rings is 1. The monoisotopic (exact) mass is 246 g/mol. The highest BCUT2D eigenvalue weighted by atomic mass is 16.5. The van der Waals surface area contributed by atoms with Gasteiger partial charge in [0, 0.05) is 11.9 Å². The smallest absolute Gasteiger partial charge is 0.161 e. The van der Waals surface area contributed by atoms with Gasteiger partial charge < -0.3 is 9.47 Å². The molecule has 0 bridgehead atoms. The lowest BCUT2D eigenvalue weighted by atomic mass is 10.3. The molecule has 0 saturated carbocycles. The van der Waals surface area contributed by atoms with Crippen molar-refractivity contribution in [1.82, 2.24) is 9.78 Å². The Morgan fingerprint density at radius 2 is 1.83 bits per heavy atom. The van der Waals surface area contributed by atoms with Crippen molar-refractivity contribution >= 4 is 0 Å². The third-order valence-corrected chi connectivity index (χ3v) is 2.64. The lowest BCUT2D eigenvalue weighted by Gasteiger charge is -2.11. The number of aromatic nitrogens is 2. The highest BCUT2D eigenvalue weighted by molar-refractivity contribution is 5.39. The summed E-state index contributed by atoms with van der Waals surface area (Å²) in [4.78, 5) is 0. The van der Waals surface area contributed by atoms with Crippen LogP contribution >= 0.6 is 0 Å². The Balaban J connectivity index is 1.92. The van der Waals surface area contributed by atoms with E-state index in [0.29, 0.717) is 13.2 Å². The average Bonchev–Trinajstić information content (AvgIpc) is 2.78. The molecule has 0 saturated heterocycles. The van der Waals surface area contributed by atoms with E-state index in [1.54, 1.807) is 6.20 Å². The molecule has 0 atom stereocenters. The molecule has 1 aromatic heterocycles. The van der Waals surface area contributed by atoms with Gasteiger partial charge in [-0.25, -0.2) is 0 Å². The molecule has 0 N–H and O–H groups in total. The molecular weight excluding hydrogens is 228 g/mol. The molecule has 0 unspecified atom stereocenters. The van der Waals surface area contributed by atoms with Gasteiger partial charge in [-0.3, -0.25) is 4.68 Å². The van der Waals surface area contributed by atoms with Crippen LogP contribution in [0.5, 0.6) is 11.5 Å². The fourth-order valence-corrected chi connectivity index (χ4v) is 1.72. The highest BCUT2D eigenvalue weighted by Gasteiger charge is 2.03. The molecule has 0 radical (unpaired) electrons. The van der Waals surface area contributed by atoms with Crippen molar-refractivity contribution in [3.63, 3.8) is 0 Å². The van der Waals surface area contributed by atoms with Crippen LogP contribution in [0.25, 0.3) is 0 Å². The van der Waals surface area contributed by atoms with Crippen LogP contribution in [-0.2, 0) is 6.54 Å². The Hall–Kier alpha value is -1.97. The molecule has 0 aliphatic rings. The maximum absolute atomic E-state index is 5.73. The van der Waals surface area contributed by atoms with Crippen LogP contribution in [0.4, 0.5) is 0 Å². The highest BCUT2D eigenvalue weighted by Crippen LogP contribution is 2.26. The molecule has 0 aliphatic heterocycles. The second-order valence-electron chi connectivity index (χ2n) is 3.92. The SMILES string of the molecule is CCOc1ccccc1OCCn1nccc1C. The van der Waals surface area contributed by atoms with Crippen molar-refractivity contribution in [3.05, 3.63) is 42.2 Å². The van der Waals surface area contributed by atoms with Crippen LogP contribution in [0.2, 0.25) is 0 Å². The molecule has 2 aromatic rings. The molecule has 1 aromatic carbocycles. The van der Waals surface area contributed by atoms with Gasteiger partial charge in [-0.1, -0.05) is 12.1 Å². The number of hydrogen-bond acceptors (Lipinski definition) is 3. The molecule has 0 amide bonds. The lowest BCUT2D eigenvalue weighted by Crippen LogP contribution is -2.11. The van der Waals surface area contributed by atoms with E-state index in [2.05, 4.69) is 5.10 Å². The van der Waals surface area contributed by atoms with Gasteiger partial charge in [0.15, 0.2) is 11.5 Å². The van der Waals surface area contributed by atoms with Gasteiger partial charge in [-0.15, -0.1) is 0 Å². The molecule has 0 aliphatic carbocycles. The second-order valence-corrected chi connectivity index (χ2v) is 3.92. The first-order chi connectivity index (χ1) is 8.81. The fourth-order valence-electron chi connectivity index (χ4n) is 1.72. The minimum absolute atomic E-state index is 0.576. The summed E-state index contributed by atoms with van der Waals surface area (Å²) in [5.74, 6) is 1.57. The molecule has 18 heavy (non-hydrogen) atoms. The van der Waals surface area contributed by atoms with E-state index < -0.39 is 0 Å². The molecule has 2 rings (SSSR count). The Labute approximate surface area is 107 Å². The molecule has 0 spiro atoms. The standard InChI is InChI=1S/C14H18N2O2/c1-3-17-13-6-4-5-7-14(13)18-11-10-16-12(2)8-9-15-16/h4-9H,3,10-11H2,1-2H3. The van der Waals surface area contributed by atoms with Crippen molar-refractivity contribution in [2.24, 2.45) is 0 Å². The minimum atomic E-state index is 0.576. The predicted octanol–water partition coefficient (Wildman–Crippen LogP) is 2.67. The van der Waals surface area contributed by atoms with Gasteiger partial charge in [0.2, 0.25) is 0 Å². The largest absolute Gasteiger partial charge is 0.490 e. The summed E-state index contributed by atoms with van der Waals surface area (Å²) in [5.41, 5.74) is 1.14. The van der Waals surface area contributed by atoms with Crippen LogP contribution in [-0.4, -0.2) is 23.0 Å². The zero-order valence-corrected chi connectivity index (χ0v) is 10.8. The number of ether oxygens (including phenoxy) is 2. The summed E-state index contributed by atoms with van der Waals surface area (Å²) in [6.45, 7) is 5.94.